The monoisotopic (exact) mass is 275 g/mol. The second kappa shape index (κ2) is 4.85. The van der Waals surface area contributed by atoms with E-state index in [0.717, 1.165) is 13.0 Å². The molecule has 1 saturated carbocycles. The van der Waals surface area contributed by atoms with Crippen LogP contribution in [0.4, 0.5) is 10.1 Å². The zero-order chi connectivity index (χ0) is 14.2. The minimum atomic E-state index is -0.389. The van der Waals surface area contributed by atoms with Crippen molar-refractivity contribution in [3.05, 3.63) is 24.0 Å². The SMILES string of the molecule is CCC1(Cn2nnnc2-c2ccc(N)cc2F)CCC1. The van der Waals surface area contributed by atoms with E-state index in [1.807, 2.05) is 0 Å². The Morgan fingerprint density at radius 3 is 2.80 bits per heavy atom. The van der Waals surface area contributed by atoms with Gasteiger partial charge in [0.15, 0.2) is 5.82 Å². The predicted octanol–water partition coefficient (Wildman–Crippen LogP) is 2.64. The predicted molar refractivity (Wildman–Crippen MR) is 74.2 cm³/mol. The summed E-state index contributed by atoms with van der Waals surface area (Å²) in [7, 11) is 0. The zero-order valence-electron chi connectivity index (χ0n) is 11.5. The topological polar surface area (TPSA) is 69.6 Å². The minimum Gasteiger partial charge on any atom is -0.399 e. The third-order valence-electron chi connectivity index (χ3n) is 4.42. The first-order valence-electron chi connectivity index (χ1n) is 6.95. The van der Waals surface area contributed by atoms with Gasteiger partial charge in [-0.1, -0.05) is 13.3 Å². The fourth-order valence-corrected chi connectivity index (χ4v) is 2.83. The van der Waals surface area contributed by atoms with E-state index in [1.54, 1.807) is 16.8 Å². The summed E-state index contributed by atoms with van der Waals surface area (Å²) in [4.78, 5) is 0. The van der Waals surface area contributed by atoms with Crippen LogP contribution in [0, 0.1) is 11.2 Å². The van der Waals surface area contributed by atoms with Crippen molar-refractivity contribution in [3.63, 3.8) is 0 Å². The smallest absolute Gasteiger partial charge is 0.184 e. The van der Waals surface area contributed by atoms with Crippen molar-refractivity contribution in [2.75, 3.05) is 5.73 Å². The number of aromatic nitrogens is 4. The molecule has 0 aliphatic heterocycles. The third kappa shape index (κ3) is 2.15. The van der Waals surface area contributed by atoms with Gasteiger partial charge in [0.2, 0.25) is 0 Å². The lowest BCUT2D eigenvalue weighted by Gasteiger charge is -2.41. The molecule has 0 amide bonds. The number of nitrogens with two attached hydrogens (primary N) is 1. The summed E-state index contributed by atoms with van der Waals surface area (Å²) in [5.74, 6) is 0.0856. The summed E-state index contributed by atoms with van der Waals surface area (Å²) in [6, 6.07) is 4.59. The number of anilines is 1. The van der Waals surface area contributed by atoms with E-state index in [0.29, 0.717) is 17.1 Å². The van der Waals surface area contributed by atoms with Crippen molar-refractivity contribution in [2.45, 2.75) is 39.2 Å². The number of benzene rings is 1. The molecule has 20 heavy (non-hydrogen) atoms. The maximum absolute atomic E-state index is 14.0. The zero-order valence-corrected chi connectivity index (χ0v) is 11.5. The normalized spacial score (nSPS) is 16.9. The van der Waals surface area contributed by atoms with Gasteiger partial charge in [-0.05, 0) is 53.3 Å². The molecule has 1 aliphatic rings. The molecule has 0 saturated heterocycles. The number of halogens is 1. The van der Waals surface area contributed by atoms with Crippen LogP contribution in [0.15, 0.2) is 18.2 Å². The van der Waals surface area contributed by atoms with Gasteiger partial charge in [0.05, 0.1) is 12.1 Å². The lowest BCUT2D eigenvalue weighted by Crippen LogP contribution is -2.34. The van der Waals surface area contributed by atoms with Crippen LogP contribution in [0.1, 0.15) is 32.6 Å². The van der Waals surface area contributed by atoms with Crippen LogP contribution in [0.2, 0.25) is 0 Å². The Balaban J connectivity index is 1.93. The van der Waals surface area contributed by atoms with E-state index < -0.39 is 0 Å². The highest BCUT2D eigenvalue weighted by molar-refractivity contribution is 5.59. The second-order valence-electron chi connectivity index (χ2n) is 5.61. The molecule has 0 unspecified atom stereocenters. The largest absolute Gasteiger partial charge is 0.399 e. The van der Waals surface area contributed by atoms with E-state index >= 15 is 0 Å². The molecule has 0 bridgehead atoms. The van der Waals surface area contributed by atoms with Crippen molar-refractivity contribution in [1.29, 1.82) is 0 Å². The molecule has 0 radical (unpaired) electrons. The van der Waals surface area contributed by atoms with Crippen LogP contribution in [-0.2, 0) is 6.54 Å². The number of nitrogen functional groups attached to an aromatic ring is 1. The molecule has 3 rings (SSSR count). The quantitative estimate of drug-likeness (QED) is 0.871. The Labute approximate surface area is 117 Å². The average Bonchev–Trinajstić information content (AvgIpc) is 2.82. The molecule has 0 atom stereocenters. The van der Waals surface area contributed by atoms with Crippen molar-refractivity contribution in [2.24, 2.45) is 5.41 Å². The first-order chi connectivity index (χ1) is 9.63. The Kier molecular flexibility index (Phi) is 3.16. The summed E-state index contributed by atoms with van der Waals surface area (Å²) in [6.07, 6.45) is 4.72. The van der Waals surface area contributed by atoms with Gasteiger partial charge in [0.1, 0.15) is 5.82 Å². The number of tetrazole rings is 1. The standard InChI is InChI=1S/C14H18FN5/c1-2-14(6-3-7-14)9-20-13(17-18-19-20)11-5-4-10(16)8-12(11)15/h4-5,8H,2-3,6-7,9,16H2,1H3. The molecule has 1 aromatic heterocycles. The Morgan fingerprint density at radius 1 is 1.40 bits per heavy atom. The lowest BCUT2D eigenvalue weighted by molar-refractivity contribution is 0.0948. The summed E-state index contributed by atoms with van der Waals surface area (Å²) in [6.45, 7) is 2.93. The first kappa shape index (κ1) is 13.0. The fourth-order valence-electron chi connectivity index (χ4n) is 2.83. The number of hydrogen-bond donors (Lipinski definition) is 1. The van der Waals surface area contributed by atoms with Crippen LogP contribution >= 0.6 is 0 Å². The second-order valence-corrected chi connectivity index (χ2v) is 5.61. The van der Waals surface area contributed by atoms with E-state index in [2.05, 4.69) is 22.4 Å². The summed E-state index contributed by atoms with van der Waals surface area (Å²) in [5.41, 5.74) is 6.64. The highest BCUT2D eigenvalue weighted by Gasteiger charge is 2.36. The minimum absolute atomic E-state index is 0.272. The summed E-state index contributed by atoms with van der Waals surface area (Å²) < 4.78 is 15.7. The summed E-state index contributed by atoms with van der Waals surface area (Å²) >= 11 is 0. The van der Waals surface area contributed by atoms with E-state index in [9.17, 15) is 4.39 Å². The van der Waals surface area contributed by atoms with E-state index in [-0.39, 0.29) is 11.2 Å². The van der Waals surface area contributed by atoms with Gasteiger partial charge in [0, 0.05) is 5.69 Å². The molecule has 1 aromatic carbocycles. The summed E-state index contributed by atoms with van der Waals surface area (Å²) in [5, 5.41) is 11.7. The molecule has 106 valence electrons. The molecular formula is C14H18FN5. The van der Waals surface area contributed by atoms with Crippen LogP contribution in [0.25, 0.3) is 11.4 Å². The highest BCUT2D eigenvalue weighted by atomic mass is 19.1. The number of nitrogens with zero attached hydrogens (tertiary/aromatic N) is 4. The third-order valence-corrected chi connectivity index (χ3v) is 4.42. The van der Waals surface area contributed by atoms with Gasteiger partial charge in [0.25, 0.3) is 0 Å². The van der Waals surface area contributed by atoms with Crippen LogP contribution in [0.5, 0.6) is 0 Å². The van der Waals surface area contributed by atoms with Gasteiger partial charge in [-0.15, -0.1) is 5.10 Å². The van der Waals surface area contributed by atoms with Crippen LogP contribution < -0.4 is 5.73 Å². The van der Waals surface area contributed by atoms with Crippen molar-refractivity contribution >= 4 is 5.69 Å². The van der Waals surface area contributed by atoms with Gasteiger partial charge in [-0.2, -0.15) is 0 Å². The molecule has 5 nitrogen and oxygen atoms in total. The number of rotatable bonds is 4. The molecule has 1 heterocycles. The van der Waals surface area contributed by atoms with Crippen molar-refractivity contribution in [3.8, 4) is 11.4 Å². The molecular weight excluding hydrogens is 257 g/mol. The van der Waals surface area contributed by atoms with E-state index in [4.69, 9.17) is 5.73 Å². The highest BCUT2D eigenvalue weighted by Crippen LogP contribution is 2.45. The van der Waals surface area contributed by atoms with E-state index in [1.165, 1.54) is 25.3 Å². The van der Waals surface area contributed by atoms with Crippen molar-refractivity contribution in [1.82, 2.24) is 20.2 Å². The Morgan fingerprint density at radius 2 is 2.20 bits per heavy atom. The van der Waals surface area contributed by atoms with Crippen molar-refractivity contribution < 1.29 is 4.39 Å². The molecule has 1 fully saturated rings. The molecule has 6 heteroatoms. The molecule has 2 N–H and O–H groups in total. The van der Waals surface area contributed by atoms with Crippen LogP contribution in [0.3, 0.4) is 0 Å². The fraction of sp³-hybridized carbons (Fsp3) is 0.500. The van der Waals surface area contributed by atoms with Gasteiger partial charge in [-0.3, -0.25) is 0 Å². The Bertz CT molecular complexity index is 612. The molecule has 1 aliphatic carbocycles. The maximum atomic E-state index is 14.0. The van der Waals surface area contributed by atoms with Gasteiger partial charge >= 0.3 is 0 Å². The molecule has 0 spiro atoms. The molecule has 2 aromatic rings. The van der Waals surface area contributed by atoms with Gasteiger partial charge < -0.3 is 5.73 Å². The average molecular weight is 275 g/mol. The lowest BCUT2D eigenvalue weighted by atomic mass is 9.67. The Hall–Kier alpha value is -1.98. The maximum Gasteiger partial charge on any atom is 0.184 e. The van der Waals surface area contributed by atoms with Gasteiger partial charge in [-0.25, -0.2) is 9.07 Å². The number of hydrogen-bond acceptors (Lipinski definition) is 4. The first-order valence-corrected chi connectivity index (χ1v) is 6.95. The van der Waals surface area contributed by atoms with Crippen LogP contribution in [-0.4, -0.2) is 20.2 Å².